The zero-order valence-electron chi connectivity index (χ0n) is 20.5. The summed E-state index contributed by atoms with van der Waals surface area (Å²) >= 11 is 0. The van der Waals surface area contributed by atoms with Crippen molar-refractivity contribution in [2.24, 2.45) is 11.3 Å². The molecule has 186 valence electrons. The summed E-state index contributed by atoms with van der Waals surface area (Å²) in [6.45, 7) is 5.60. The number of aliphatic carboxylic acids is 1. The van der Waals surface area contributed by atoms with E-state index in [0.717, 1.165) is 24.0 Å². The lowest BCUT2D eigenvalue weighted by Gasteiger charge is -2.32. The summed E-state index contributed by atoms with van der Waals surface area (Å²) in [4.78, 5) is 37.1. The topological polar surface area (TPSA) is 105 Å². The van der Waals surface area contributed by atoms with Crippen molar-refractivity contribution in [1.82, 2.24) is 10.6 Å². The van der Waals surface area contributed by atoms with E-state index < -0.39 is 23.5 Å². The number of rotatable bonds is 6. The minimum absolute atomic E-state index is 0.0108. The summed E-state index contributed by atoms with van der Waals surface area (Å²) < 4.78 is 5.65. The van der Waals surface area contributed by atoms with Gasteiger partial charge >= 0.3 is 12.1 Å². The number of carbonyl (C=O) groups is 3. The van der Waals surface area contributed by atoms with Crippen molar-refractivity contribution < 1.29 is 24.2 Å². The molecule has 2 aliphatic rings. The largest absolute Gasteiger partial charge is 0.480 e. The van der Waals surface area contributed by atoms with E-state index in [1.807, 2.05) is 24.3 Å². The second-order valence-electron chi connectivity index (χ2n) is 10.7. The molecule has 7 heteroatoms. The summed E-state index contributed by atoms with van der Waals surface area (Å²) in [5.74, 6) is -1.67. The minimum atomic E-state index is -1.05. The van der Waals surface area contributed by atoms with Gasteiger partial charge in [0, 0.05) is 17.9 Å². The zero-order valence-corrected chi connectivity index (χ0v) is 20.5. The van der Waals surface area contributed by atoms with Gasteiger partial charge in [0.1, 0.15) is 12.6 Å². The van der Waals surface area contributed by atoms with Gasteiger partial charge in [0.15, 0.2) is 0 Å². The van der Waals surface area contributed by atoms with E-state index >= 15 is 0 Å². The van der Waals surface area contributed by atoms with Crippen molar-refractivity contribution in [3.63, 3.8) is 0 Å². The number of carboxylic acids is 1. The third kappa shape index (κ3) is 5.50. The van der Waals surface area contributed by atoms with Crippen molar-refractivity contribution >= 4 is 18.0 Å². The highest BCUT2D eigenvalue weighted by atomic mass is 16.5. The van der Waals surface area contributed by atoms with Gasteiger partial charge in [-0.15, -0.1) is 0 Å². The van der Waals surface area contributed by atoms with Gasteiger partial charge in [0.05, 0.1) is 0 Å². The molecule has 2 amide bonds. The molecule has 0 spiro atoms. The second kappa shape index (κ2) is 10.1. The highest BCUT2D eigenvalue weighted by Gasteiger charge is 2.36. The third-order valence-corrected chi connectivity index (χ3v) is 7.11. The van der Waals surface area contributed by atoms with E-state index in [1.54, 1.807) is 20.8 Å². The molecule has 0 heterocycles. The Hall–Kier alpha value is -3.35. The van der Waals surface area contributed by atoms with Crippen LogP contribution in [0.3, 0.4) is 0 Å². The Balaban J connectivity index is 1.33. The fourth-order valence-corrected chi connectivity index (χ4v) is 5.27. The highest BCUT2D eigenvalue weighted by molar-refractivity contribution is 5.85. The number of carboxylic acid groups (broad SMARTS) is 1. The van der Waals surface area contributed by atoms with Crippen LogP contribution in [0.2, 0.25) is 0 Å². The van der Waals surface area contributed by atoms with Crippen LogP contribution in [0.15, 0.2) is 48.5 Å². The van der Waals surface area contributed by atoms with E-state index in [-0.39, 0.29) is 30.4 Å². The van der Waals surface area contributed by atoms with Gasteiger partial charge in [-0.2, -0.15) is 0 Å². The quantitative estimate of drug-likeness (QED) is 0.558. The van der Waals surface area contributed by atoms with E-state index in [2.05, 4.69) is 34.9 Å². The van der Waals surface area contributed by atoms with Gasteiger partial charge in [-0.1, -0.05) is 75.7 Å². The number of alkyl carbamates (subject to hydrolysis) is 1. The van der Waals surface area contributed by atoms with Crippen molar-refractivity contribution in [3.05, 3.63) is 59.7 Å². The first-order valence-corrected chi connectivity index (χ1v) is 12.3. The molecule has 2 aromatic rings. The SMILES string of the molecule is CC(C)(C)[C@@H](NC(=O)[C@H]1CCC[C@@H](NC(=O)OCC2c3ccccc3-c3ccccc32)C1)C(=O)O. The van der Waals surface area contributed by atoms with Gasteiger partial charge in [-0.3, -0.25) is 4.79 Å². The smallest absolute Gasteiger partial charge is 0.407 e. The Labute approximate surface area is 206 Å². The lowest BCUT2D eigenvalue weighted by atomic mass is 9.83. The Kier molecular flexibility index (Phi) is 7.15. The van der Waals surface area contributed by atoms with Crippen molar-refractivity contribution in [2.75, 3.05) is 6.61 Å². The average Bonchev–Trinajstić information content (AvgIpc) is 3.14. The van der Waals surface area contributed by atoms with Crippen LogP contribution in [0.5, 0.6) is 0 Å². The van der Waals surface area contributed by atoms with Crippen molar-refractivity contribution in [2.45, 2.75) is 64.5 Å². The Morgan fingerprint density at radius 1 is 1.00 bits per heavy atom. The van der Waals surface area contributed by atoms with Crippen LogP contribution in [-0.4, -0.2) is 41.8 Å². The fourth-order valence-electron chi connectivity index (χ4n) is 5.27. The average molecular weight is 479 g/mol. The second-order valence-corrected chi connectivity index (χ2v) is 10.7. The number of fused-ring (bicyclic) bond motifs is 3. The summed E-state index contributed by atoms with van der Waals surface area (Å²) in [6.07, 6.45) is 2.18. The molecule has 7 nitrogen and oxygen atoms in total. The zero-order chi connectivity index (χ0) is 25.2. The monoisotopic (exact) mass is 478 g/mol. The molecular formula is C28H34N2O5. The fraction of sp³-hybridized carbons (Fsp3) is 0.464. The number of amides is 2. The summed E-state index contributed by atoms with van der Waals surface area (Å²) in [5, 5.41) is 15.1. The van der Waals surface area contributed by atoms with Gasteiger partial charge < -0.3 is 20.5 Å². The maximum Gasteiger partial charge on any atom is 0.407 e. The maximum absolute atomic E-state index is 12.8. The number of nitrogens with one attached hydrogen (secondary N) is 2. The van der Waals surface area contributed by atoms with Gasteiger partial charge in [0.2, 0.25) is 5.91 Å². The molecule has 3 N–H and O–H groups in total. The molecule has 0 saturated heterocycles. The first kappa shape index (κ1) is 24.8. The molecule has 0 radical (unpaired) electrons. The normalized spacial score (nSPS) is 20.3. The van der Waals surface area contributed by atoms with E-state index in [9.17, 15) is 19.5 Å². The predicted octanol–water partition coefficient (Wildman–Crippen LogP) is 4.70. The van der Waals surface area contributed by atoms with Gasteiger partial charge in [-0.25, -0.2) is 9.59 Å². The third-order valence-electron chi connectivity index (χ3n) is 7.11. The van der Waals surface area contributed by atoms with E-state index in [1.165, 1.54) is 11.1 Å². The molecule has 2 aromatic carbocycles. The van der Waals surface area contributed by atoms with Crippen LogP contribution in [0.4, 0.5) is 4.79 Å². The molecule has 0 aromatic heterocycles. The summed E-state index contributed by atoms with van der Waals surface area (Å²) in [7, 11) is 0. The lowest BCUT2D eigenvalue weighted by molar-refractivity contribution is -0.145. The van der Waals surface area contributed by atoms with Crippen LogP contribution in [0.1, 0.15) is 63.5 Å². The van der Waals surface area contributed by atoms with Crippen molar-refractivity contribution in [3.8, 4) is 11.1 Å². The number of ether oxygens (including phenoxy) is 1. The number of carbonyl (C=O) groups excluding carboxylic acids is 2. The maximum atomic E-state index is 12.8. The van der Waals surface area contributed by atoms with Crippen LogP contribution in [0.25, 0.3) is 11.1 Å². The molecule has 1 saturated carbocycles. The number of hydrogen-bond acceptors (Lipinski definition) is 4. The molecule has 0 unspecified atom stereocenters. The van der Waals surface area contributed by atoms with Crippen LogP contribution < -0.4 is 10.6 Å². The molecule has 1 fully saturated rings. The van der Waals surface area contributed by atoms with Gasteiger partial charge in [0.25, 0.3) is 0 Å². The Morgan fingerprint density at radius 3 is 2.17 bits per heavy atom. The van der Waals surface area contributed by atoms with Crippen LogP contribution >= 0.6 is 0 Å². The number of benzene rings is 2. The first-order valence-electron chi connectivity index (χ1n) is 12.3. The first-order chi connectivity index (χ1) is 16.6. The molecule has 0 bridgehead atoms. The lowest BCUT2D eigenvalue weighted by Crippen LogP contribution is -2.52. The molecular weight excluding hydrogens is 444 g/mol. The Bertz CT molecular complexity index is 1060. The molecule has 35 heavy (non-hydrogen) atoms. The summed E-state index contributed by atoms with van der Waals surface area (Å²) in [5.41, 5.74) is 4.06. The number of hydrogen-bond donors (Lipinski definition) is 3. The van der Waals surface area contributed by atoms with E-state index in [4.69, 9.17) is 4.74 Å². The highest BCUT2D eigenvalue weighted by Crippen LogP contribution is 2.44. The standard InChI is InChI=1S/C28H34N2O5/c1-28(2,3)24(26(32)33)30-25(31)17-9-8-10-18(15-17)29-27(34)35-16-23-21-13-6-4-11-19(21)20-12-5-7-14-22(20)23/h4-7,11-14,17-18,23-24H,8-10,15-16H2,1-3H3,(H,29,34)(H,30,31)(H,32,33)/t17-,18+,24-/m0/s1. The molecule has 2 aliphatic carbocycles. The van der Waals surface area contributed by atoms with E-state index in [0.29, 0.717) is 12.8 Å². The Morgan fingerprint density at radius 2 is 1.60 bits per heavy atom. The van der Waals surface area contributed by atoms with Crippen LogP contribution in [-0.2, 0) is 14.3 Å². The van der Waals surface area contributed by atoms with Gasteiger partial charge in [-0.05, 0) is 46.9 Å². The minimum Gasteiger partial charge on any atom is -0.480 e. The predicted molar refractivity (Wildman–Crippen MR) is 133 cm³/mol. The summed E-state index contributed by atoms with van der Waals surface area (Å²) in [6, 6.07) is 15.2. The molecule has 0 aliphatic heterocycles. The van der Waals surface area contributed by atoms with Crippen LogP contribution in [0, 0.1) is 11.3 Å². The molecule has 4 rings (SSSR count). The molecule has 3 atom stereocenters. The van der Waals surface area contributed by atoms with Crippen molar-refractivity contribution in [1.29, 1.82) is 0 Å².